The SMILES string of the molecule is CC[N+]1(CCO)CCCC1CCO. The van der Waals surface area contributed by atoms with Crippen molar-refractivity contribution >= 4 is 0 Å². The lowest BCUT2D eigenvalue weighted by Gasteiger charge is -2.38. The van der Waals surface area contributed by atoms with Gasteiger partial charge >= 0.3 is 0 Å². The van der Waals surface area contributed by atoms with Gasteiger partial charge in [0, 0.05) is 25.9 Å². The summed E-state index contributed by atoms with van der Waals surface area (Å²) in [6.45, 7) is 5.88. The second-order valence-corrected chi connectivity index (χ2v) is 4.01. The molecule has 0 aliphatic carbocycles. The van der Waals surface area contributed by atoms with Gasteiger partial charge in [0.05, 0.1) is 25.7 Å². The summed E-state index contributed by atoms with van der Waals surface area (Å²) in [6.07, 6.45) is 3.36. The molecule has 0 aromatic carbocycles. The first kappa shape index (κ1) is 11.0. The van der Waals surface area contributed by atoms with Crippen molar-refractivity contribution in [1.29, 1.82) is 0 Å². The Morgan fingerprint density at radius 2 is 2.08 bits per heavy atom. The number of quaternary nitrogens is 1. The summed E-state index contributed by atoms with van der Waals surface area (Å²) in [6, 6.07) is 0.585. The third kappa shape index (κ3) is 2.22. The van der Waals surface area contributed by atoms with Gasteiger partial charge in [-0.25, -0.2) is 0 Å². The van der Waals surface area contributed by atoms with E-state index in [9.17, 15) is 0 Å². The summed E-state index contributed by atoms with van der Waals surface area (Å²) in [5, 5.41) is 18.0. The van der Waals surface area contributed by atoms with Crippen molar-refractivity contribution in [3.63, 3.8) is 0 Å². The van der Waals surface area contributed by atoms with Crippen molar-refractivity contribution in [2.45, 2.75) is 32.2 Å². The normalized spacial score (nSPS) is 33.9. The predicted molar refractivity (Wildman–Crippen MR) is 52.3 cm³/mol. The monoisotopic (exact) mass is 188 g/mol. The topological polar surface area (TPSA) is 40.5 Å². The van der Waals surface area contributed by atoms with E-state index in [1.54, 1.807) is 0 Å². The first-order valence-electron chi connectivity index (χ1n) is 5.36. The standard InChI is InChI=1S/C10H22NO2/c1-2-11(7-9-13)6-3-4-10(11)5-8-12/h10,12-13H,2-9H2,1H3/q+1. The minimum Gasteiger partial charge on any atom is -0.396 e. The zero-order valence-electron chi connectivity index (χ0n) is 8.58. The Bertz CT molecular complexity index is 152. The minimum atomic E-state index is 0.274. The fraction of sp³-hybridized carbons (Fsp3) is 1.00. The van der Waals surface area contributed by atoms with E-state index in [1.165, 1.54) is 19.4 Å². The molecule has 3 heteroatoms. The average Bonchev–Trinajstić information content (AvgIpc) is 2.51. The highest BCUT2D eigenvalue weighted by atomic mass is 16.3. The van der Waals surface area contributed by atoms with Crippen LogP contribution in [0, 0.1) is 0 Å². The number of nitrogens with zero attached hydrogens (tertiary/aromatic N) is 1. The fourth-order valence-corrected chi connectivity index (χ4v) is 2.73. The van der Waals surface area contributed by atoms with Crippen LogP contribution in [-0.2, 0) is 0 Å². The zero-order valence-corrected chi connectivity index (χ0v) is 8.58. The third-order valence-corrected chi connectivity index (χ3v) is 3.55. The Kier molecular flexibility index (Phi) is 4.16. The summed E-state index contributed by atoms with van der Waals surface area (Å²) < 4.78 is 1.02. The van der Waals surface area contributed by atoms with Crippen LogP contribution in [0.2, 0.25) is 0 Å². The van der Waals surface area contributed by atoms with E-state index in [1.807, 2.05) is 0 Å². The van der Waals surface area contributed by atoms with E-state index in [2.05, 4.69) is 6.92 Å². The number of likely N-dealkylation sites (N-methyl/N-ethyl adjacent to an activating group) is 1. The van der Waals surface area contributed by atoms with Crippen LogP contribution in [0.15, 0.2) is 0 Å². The Hall–Kier alpha value is -0.120. The van der Waals surface area contributed by atoms with E-state index in [0.717, 1.165) is 24.0 Å². The summed E-state index contributed by atoms with van der Waals surface area (Å²) in [7, 11) is 0. The average molecular weight is 188 g/mol. The van der Waals surface area contributed by atoms with E-state index in [0.29, 0.717) is 6.04 Å². The summed E-state index contributed by atoms with van der Waals surface area (Å²) >= 11 is 0. The van der Waals surface area contributed by atoms with Gasteiger partial charge in [-0.15, -0.1) is 0 Å². The minimum absolute atomic E-state index is 0.274. The van der Waals surface area contributed by atoms with Gasteiger partial charge in [-0.3, -0.25) is 0 Å². The number of hydrogen-bond acceptors (Lipinski definition) is 2. The Morgan fingerprint density at radius 1 is 1.31 bits per heavy atom. The second-order valence-electron chi connectivity index (χ2n) is 4.01. The molecule has 0 aromatic rings. The van der Waals surface area contributed by atoms with Crippen molar-refractivity contribution in [2.24, 2.45) is 0 Å². The zero-order chi connectivity index (χ0) is 9.73. The molecule has 0 amide bonds. The summed E-state index contributed by atoms with van der Waals surface area (Å²) in [5.74, 6) is 0. The Morgan fingerprint density at radius 3 is 2.62 bits per heavy atom. The molecule has 0 aromatic heterocycles. The molecule has 1 rings (SSSR count). The summed E-state index contributed by atoms with van der Waals surface area (Å²) in [5.41, 5.74) is 0. The molecule has 1 aliphatic rings. The van der Waals surface area contributed by atoms with Crippen LogP contribution in [0.25, 0.3) is 0 Å². The number of aliphatic hydroxyl groups excluding tert-OH is 2. The number of likely N-dealkylation sites (tertiary alicyclic amines) is 1. The molecule has 78 valence electrons. The van der Waals surface area contributed by atoms with E-state index in [-0.39, 0.29) is 13.2 Å². The van der Waals surface area contributed by atoms with Crippen molar-refractivity contribution in [3.05, 3.63) is 0 Å². The highest BCUT2D eigenvalue weighted by Gasteiger charge is 2.39. The van der Waals surface area contributed by atoms with Crippen molar-refractivity contribution in [2.75, 3.05) is 32.8 Å². The van der Waals surface area contributed by atoms with Crippen LogP contribution in [0.5, 0.6) is 0 Å². The van der Waals surface area contributed by atoms with Gasteiger partial charge in [0.15, 0.2) is 0 Å². The third-order valence-electron chi connectivity index (χ3n) is 3.55. The molecule has 0 spiro atoms. The van der Waals surface area contributed by atoms with Crippen LogP contribution < -0.4 is 0 Å². The van der Waals surface area contributed by atoms with Gasteiger partial charge in [0.25, 0.3) is 0 Å². The number of hydrogen-bond donors (Lipinski definition) is 2. The molecule has 1 heterocycles. The van der Waals surface area contributed by atoms with E-state index in [4.69, 9.17) is 10.2 Å². The maximum atomic E-state index is 9.03. The van der Waals surface area contributed by atoms with Gasteiger partial charge < -0.3 is 14.7 Å². The first-order chi connectivity index (χ1) is 6.29. The van der Waals surface area contributed by atoms with Gasteiger partial charge in [-0.05, 0) is 6.92 Å². The van der Waals surface area contributed by atoms with Gasteiger partial charge in [-0.1, -0.05) is 0 Å². The lowest BCUT2D eigenvalue weighted by Crippen LogP contribution is -2.53. The Balaban J connectivity index is 2.59. The van der Waals surface area contributed by atoms with Crippen LogP contribution in [-0.4, -0.2) is 53.6 Å². The molecule has 2 atom stereocenters. The second kappa shape index (κ2) is 4.94. The van der Waals surface area contributed by atoms with Gasteiger partial charge in [0.2, 0.25) is 0 Å². The number of aliphatic hydroxyl groups is 2. The molecule has 13 heavy (non-hydrogen) atoms. The molecular formula is C10H22NO2+. The first-order valence-corrected chi connectivity index (χ1v) is 5.36. The van der Waals surface area contributed by atoms with E-state index >= 15 is 0 Å². The molecule has 1 fully saturated rings. The summed E-state index contributed by atoms with van der Waals surface area (Å²) in [4.78, 5) is 0. The molecule has 0 bridgehead atoms. The molecule has 2 unspecified atom stereocenters. The molecular weight excluding hydrogens is 166 g/mol. The fourth-order valence-electron chi connectivity index (χ4n) is 2.73. The predicted octanol–water partition coefficient (Wildman–Crippen LogP) is 0.360. The van der Waals surface area contributed by atoms with Crippen molar-refractivity contribution < 1.29 is 14.7 Å². The number of rotatable bonds is 5. The molecule has 1 aliphatic heterocycles. The van der Waals surface area contributed by atoms with Crippen LogP contribution >= 0.6 is 0 Å². The lowest BCUT2D eigenvalue weighted by molar-refractivity contribution is -0.938. The van der Waals surface area contributed by atoms with E-state index < -0.39 is 0 Å². The van der Waals surface area contributed by atoms with Crippen LogP contribution in [0.4, 0.5) is 0 Å². The molecule has 3 nitrogen and oxygen atoms in total. The molecule has 0 saturated carbocycles. The quantitative estimate of drug-likeness (QED) is 0.612. The van der Waals surface area contributed by atoms with Crippen LogP contribution in [0.1, 0.15) is 26.2 Å². The maximum absolute atomic E-state index is 9.03. The molecule has 0 radical (unpaired) electrons. The van der Waals surface area contributed by atoms with Gasteiger partial charge in [0.1, 0.15) is 6.54 Å². The highest BCUT2D eigenvalue weighted by molar-refractivity contribution is 4.68. The van der Waals surface area contributed by atoms with Crippen molar-refractivity contribution in [1.82, 2.24) is 0 Å². The molecule has 2 N–H and O–H groups in total. The highest BCUT2D eigenvalue weighted by Crippen LogP contribution is 2.28. The maximum Gasteiger partial charge on any atom is 0.102 e. The van der Waals surface area contributed by atoms with Crippen LogP contribution in [0.3, 0.4) is 0 Å². The van der Waals surface area contributed by atoms with Crippen molar-refractivity contribution in [3.8, 4) is 0 Å². The van der Waals surface area contributed by atoms with Gasteiger partial charge in [-0.2, -0.15) is 0 Å². The largest absolute Gasteiger partial charge is 0.396 e. The molecule has 1 saturated heterocycles. The lowest BCUT2D eigenvalue weighted by atomic mass is 10.1. The Labute approximate surface area is 80.6 Å². The smallest absolute Gasteiger partial charge is 0.102 e.